The van der Waals surface area contributed by atoms with Crippen molar-refractivity contribution < 1.29 is 18.7 Å². The fraction of sp³-hybridized carbons (Fsp3) is 0.375. The van der Waals surface area contributed by atoms with Crippen LogP contribution in [0.4, 0.5) is 9.18 Å². The molecule has 3 heterocycles. The van der Waals surface area contributed by atoms with Gasteiger partial charge in [-0.05, 0) is 37.6 Å². The largest absolute Gasteiger partial charge is 0.450 e. The molecule has 0 radical (unpaired) electrons. The molecular formula is C24H27FN4O3. The van der Waals surface area contributed by atoms with Gasteiger partial charge in [-0.1, -0.05) is 24.3 Å². The van der Waals surface area contributed by atoms with Gasteiger partial charge in [0.1, 0.15) is 11.5 Å². The quantitative estimate of drug-likeness (QED) is 0.611. The minimum absolute atomic E-state index is 0.0784. The van der Waals surface area contributed by atoms with Gasteiger partial charge in [-0.25, -0.2) is 14.2 Å². The lowest BCUT2D eigenvalue weighted by molar-refractivity contribution is -0.133. The van der Waals surface area contributed by atoms with Crippen LogP contribution in [0.5, 0.6) is 0 Å². The van der Waals surface area contributed by atoms with E-state index in [0.29, 0.717) is 38.3 Å². The highest BCUT2D eigenvalue weighted by atomic mass is 19.1. The fourth-order valence-electron chi connectivity index (χ4n) is 4.26. The molecule has 2 aromatic heterocycles. The van der Waals surface area contributed by atoms with E-state index in [9.17, 15) is 14.0 Å². The predicted molar refractivity (Wildman–Crippen MR) is 118 cm³/mol. The van der Waals surface area contributed by atoms with Crippen LogP contribution in [-0.4, -0.2) is 64.0 Å². The SMILES string of the molecule is CCOC(=O)N1CCN(C(=O)CC(c2ccccc2F)c2cnc3cccc(C)n23)CC1. The van der Waals surface area contributed by atoms with Crippen molar-refractivity contribution in [3.8, 4) is 0 Å². The number of amides is 2. The number of benzene rings is 1. The van der Waals surface area contributed by atoms with Gasteiger partial charge in [0.2, 0.25) is 5.91 Å². The van der Waals surface area contributed by atoms with Crippen molar-refractivity contribution >= 4 is 17.6 Å². The topological polar surface area (TPSA) is 67.2 Å². The summed E-state index contributed by atoms with van der Waals surface area (Å²) >= 11 is 0. The van der Waals surface area contributed by atoms with Crippen molar-refractivity contribution in [2.45, 2.75) is 26.2 Å². The third-order valence-electron chi connectivity index (χ3n) is 5.93. The molecule has 4 rings (SSSR count). The second-order valence-electron chi connectivity index (χ2n) is 7.89. The molecule has 168 valence electrons. The number of imidazole rings is 1. The number of hydrogen-bond acceptors (Lipinski definition) is 4. The number of rotatable bonds is 5. The number of aryl methyl sites for hydroxylation is 1. The first kappa shape index (κ1) is 21.8. The van der Waals surface area contributed by atoms with Gasteiger partial charge in [-0.15, -0.1) is 0 Å². The van der Waals surface area contributed by atoms with Crippen molar-refractivity contribution in [3.63, 3.8) is 0 Å². The monoisotopic (exact) mass is 438 g/mol. The maximum atomic E-state index is 14.8. The standard InChI is InChI=1S/C24H27FN4O3/c1-3-32-24(31)28-13-11-27(12-14-28)23(30)15-19(18-8-4-5-9-20(18)25)21-16-26-22-10-6-7-17(2)29(21)22/h4-10,16,19H,3,11-15H2,1-2H3. The molecule has 0 aliphatic carbocycles. The molecule has 0 bridgehead atoms. The molecule has 2 amide bonds. The lowest BCUT2D eigenvalue weighted by Gasteiger charge is -2.34. The van der Waals surface area contributed by atoms with E-state index in [2.05, 4.69) is 4.98 Å². The maximum Gasteiger partial charge on any atom is 0.409 e. The second kappa shape index (κ2) is 9.38. The average molecular weight is 439 g/mol. The van der Waals surface area contributed by atoms with E-state index in [4.69, 9.17) is 4.74 Å². The zero-order valence-electron chi connectivity index (χ0n) is 18.3. The van der Waals surface area contributed by atoms with Gasteiger partial charge in [-0.2, -0.15) is 0 Å². The molecule has 7 nitrogen and oxygen atoms in total. The van der Waals surface area contributed by atoms with E-state index < -0.39 is 5.92 Å². The summed E-state index contributed by atoms with van der Waals surface area (Å²) in [6, 6.07) is 12.4. The molecule has 1 unspecified atom stereocenters. The number of fused-ring (bicyclic) bond motifs is 1. The molecule has 0 saturated carbocycles. The molecule has 1 aliphatic heterocycles. The molecule has 1 aliphatic rings. The number of ether oxygens (including phenoxy) is 1. The van der Waals surface area contributed by atoms with E-state index in [1.807, 2.05) is 29.5 Å². The first-order valence-corrected chi connectivity index (χ1v) is 10.9. The van der Waals surface area contributed by atoms with Gasteiger partial charge < -0.3 is 18.9 Å². The van der Waals surface area contributed by atoms with Crippen molar-refractivity contribution in [2.75, 3.05) is 32.8 Å². The van der Waals surface area contributed by atoms with E-state index in [-0.39, 0.29) is 24.2 Å². The van der Waals surface area contributed by atoms with Crippen LogP contribution in [-0.2, 0) is 9.53 Å². The number of aromatic nitrogens is 2. The summed E-state index contributed by atoms with van der Waals surface area (Å²) in [5, 5.41) is 0. The van der Waals surface area contributed by atoms with Gasteiger partial charge >= 0.3 is 6.09 Å². The molecule has 0 spiro atoms. The third-order valence-corrected chi connectivity index (χ3v) is 5.93. The van der Waals surface area contributed by atoms with Crippen molar-refractivity contribution in [2.24, 2.45) is 0 Å². The Morgan fingerprint density at radius 2 is 1.78 bits per heavy atom. The molecule has 1 fully saturated rings. The Hall–Kier alpha value is -3.42. The molecule has 32 heavy (non-hydrogen) atoms. The maximum absolute atomic E-state index is 14.8. The number of piperazine rings is 1. The minimum Gasteiger partial charge on any atom is -0.450 e. The van der Waals surface area contributed by atoms with Crippen LogP contribution >= 0.6 is 0 Å². The van der Waals surface area contributed by atoms with Crippen molar-refractivity contribution in [1.82, 2.24) is 19.2 Å². The van der Waals surface area contributed by atoms with E-state index >= 15 is 0 Å². The van der Waals surface area contributed by atoms with Crippen molar-refractivity contribution in [1.29, 1.82) is 0 Å². The summed E-state index contributed by atoms with van der Waals surface area (Å²) in [7, 11) is 0. The van der Waals surface area contributed by atoms with Crippen LogP contribution in [0.25, 0.3) is 5.65 Å². The predicted octanol–water partition coefficient (Wildman–Crippen LogP) is 3.60. The van der Waals surface area contributed by atoms with Crippen LogP contribution in [0.15, 0.2) is 48.7 Å². The van der Waals surface area contributed by atoms with E-state index in [1.165, 1.54) is 6.07 Å². The summed E-state index contributed by atoms with van der Waals surface area (Å²) in [5.41, 5.74) is 2.97. The zero-order valence-corrected chi connectivity index (χ0v) is 18.3. The lowest BCUT2D eigenvalue weighted by atomic mass is 9.91. The summed E-state index contributed by atoms with van der Waals surface area (Å²) < 4.78 is 21.8. The van der Waals surface area contributed by atoms with Crippen LogP contribution in [0.3, 0.4) is 0 Å². The molecule has 0 N–H and O–H groups in total. The average Bonchev–Trinajstić information content (AvgIpc) is 3.23. The van der Waals surface area contributed by atoms with Crippen LogP contribution in [0, 0.1) is 12.7 Å². The second-order valence-corrected chi connectivity index (χ2v) is 7.89. The van der Waals surface area contributed by atoms with Crippen molar-refractivity contribution in [3.05, 3.63) is 71.4 Å². The van der Waals surface area contributed by atoms with E-state index in [1.54, 1.807) is 41.1 Å². The molecule has 1 atom stereocenters. The summed E-state index contributed by atoms with van der Waals surface area (Å²) in [6.07, 6.45) is 1.48. The van der Waals surface area contributed by atoms with Gasteiger partial charge in [-0.3, -0.25) is 4.79 Å². The fourth-order valence-corrected chi connectivity index (χ4v) is 4.26. The van der Waals surface area contributed by atoms with Gasteiger partial charge in [0.25, 0.3) is 0 Å². The smallest absolute Gasteiger partial charge is 0.409 e. The summed E-state index contributed by atoms with van der Waals surface area (Å²) in [6.45, 7) is 5.74. The zero-order chi connectivity index (χ0) is 22.7. The normalized spacial score (nSPS) is 15.1. The molecular weight excluding hydrogens is 411 g/mol. The van der Waals surface area contributed by atoms with Gasteiger partial charge in [0.05, 0.1) is 12.3 Å². The Morgan fingerprint density at radius 3 is 2.50 bits per heavy atom. The highest BCUT2D eigenvalue weighted by Crippen LogP contribution is 2.32. The number of nitrogens with zero attached hydrogens (tertiary/aromatic N) is 4. The van der Waals surface area contributed by atoms with E-state index in [0.717, 1.165) is 17.0 Å². The molecule has 8 heteroatoms. The summed E-state index contributed by atoms with van der Waals surface area (Å²) in [4.78, 5) is 33.0. The molecule has 1 aromatic carbocycles. The first-order chi connectivity index (χ1) is 15.5. The Morgan fingerprint density at radius 1 is 1.06 bits per heavy atom. The number of hydrogen-bond donors (Lipinski definition) is 0. The van der Waals surface area contributed by atoms with Crippen LogP contribution in [0.2, 0.25) is 0 Å². The van der Waals surface area contributed by atoms with Crippen LogP contribution in [0.1, 0.15) is 36.2 Å². The Balaban J connectivity index is 1.59. The Bertz CT molecular complexity index is 1120. The Kier molecular flexibility index (Phi) is 6.39. The molecule has 1 saturated heterocycles. The number of carbonyl (C=O) groups excluding carboxylic acids is 2. The van der Waals surface area contributed by atoms with Gasteiger partial charge in [0, 0.05) is 50.4 Å². The Labute approximate surface area is 186 Å². The highest BCUT2D eigenvalue weighted by Gasteiger charge is 2.30. The number of pyridine rings is 1. The van der Waals surface area contributed by atoms with Crippen LogP contribution < -0.4 is 0 Å². The minimum atomic E-state index is -0.483. The first-order valence-electron chi connectivity index (χ1n) is 10.9. The summed E-state index contributed by atoms with van der Waals surface area (Å²) in [5.74, 6) is -0.908. The third kappa shape index (κ3) is 4.30. The lowest BCUT2D eigenvalue weighted by Crippen LogP contribution is -2.51. The van der Waals surface area contributed by atoms with Gasteiger partial charge in [0.15, 0.2) is 0 Å². The number of halogens is 1. The number of carbonyl (C=O) groups is 2. The highest BCUT2D eigenvalue weighted by molar-refractivity contribution is 5.78. The molecule has 3 aromatic rings.